The van der Waals surface area contributed by atoms with Crippen LogP contribution in [0, 0.1) is 10.1 Å². The second-order valence-corrected chi connectivity index (χ2v) is 2.22. The third-order valence-electron chi connectivity index (χ3n) is 1.41. The lowest BCUT2D eigenvalue weighted by atomic mass is 10.3. The first kappa shape index (κ1) is 8.45. The maximum absolute atomic E-state index is 12.6. The van der Waals surface area contributed by atoms with Crippen molar-refractivity contribution in [2.24, 2.45) is 0 Å². The maximum Gasteiger partial charge on any atom is 0.295 e. The molecule has 0 atom stereocenters. The highest BCUT2D eigenvalue weighted by molar-refractivity contribution is 5.60. The van der Waals surface area contributed by atoms with Crippen molar-refractivity contribution in [3.8, 4) is 0 Å². The lowest BCUT2D eigenvalue weighted by Gasteiger charge is -2.06. The summed E-state index contributed by atoms with van der Waals surface area (Å²) < 4.78 is 12.6. The topological polar surface area (TPSA) is 46.4 Å². The Balaban J connectivity index is 3.17. The van der Waals surface area contributed by atoms with Crippen LogP contribution in [-0.4, -0.2) is 12.0 Å². The van der Waals surface area contributed by atoms with Gasteiger partial charge in [0.15, 0.2) is 0 Å². The SMILES string of the molecule is CN(F)c1ccccc1[N+](=O)[O-]. The Bertz CT molecular complexity index is 301. The van der Waals surface area contributed by atoms with Crippen molar-refractivity contribution >= 4 is 11.4 Å². The fraction of sp³-hybridized carbons (Fsp3) is 0.143. The Kier molecular flexibility index (Phi) is 2.23. The molecule has 1 aromatic rings. The zero-order valence-corrected chi connectivity index (χ0v) is 6.40. The van der Waals surface area contributed by atoms with Crippen LogP contribution >= 0.6 is 0 Å². The van der Waals surface area contributed by atoms with Gasteiger partial charge < -0.3 is 0 Å². The van der Waals surface area contributed by atoms with E-state index in [0.29, 0.717) is 0 Å². The Morgan fingerprint density at radius 1 is 1.50 bits per heavy atom. The van der Waals surface area contributed by atoms with Crippen LogP contribution in [0.5, 0.6) is 0 Å². The van der Waals surface area contributed by atoms with Gasteiger partial charge in [-0.3, -0.25) is 10.1 Å². The number of nitro benzene ring substituents is 1. The smallest absolute Gasteiger partial charge is 0.258 e. The number of anilines is 1. The minimum atomic E-state index is -0.620. The second-order valence-electron chi connectivity index (χ2n) is 2.22. The highest BCUT2D eigenvalue weighted by atomic mass is 19.2. The second kappa shape index (κ2) is 3.17. The Labute approximate surface area is 68.3 Å². The summed E-state index contributed by atoms with van der Waals surface area (Å²) in [7, 11) is 1.11. The first-order valence-corrected chi connectivity index (χ1v) is 3.26. The van der Waals surface area contributed by atoms with Gasteiger partial charge in [-0.15, -0.1) is 4.48 Å². The number of benzene rings is 1. The molecule has 0 saturated carbocycles. The van der Waals surface area contributed by atoms with Crippen LogP contribution in [0.25, 0.3) is 0 Å². The van der Waals surface area contributed by atoms with Gasteiger partial charge in [-0.2, -0.15) is 0 Å². The van der Waals surface area contributed by atoms with Crippen molar-refractivity contribution in [1.82, 2.24) is 0 Å². The molecule has 1 rings (SSSR count). The average molecular weight is 170 g/mol. The summed E-state index contributed by atoms with van der Waals surface area (Å²) in [6, 6.07) is 5.63. The van der Waals surface area contributed by atoms with Gasteiger partial charge in [0, 0.05) is 13.1 Å². The van der Waals surface area contributed by atoms with E-state index in [4.69, 9.17) is 0 Å². The van der Waals surface area contributed by atoms with Crippen molar-refractivity contribution < 1.29 is 9.40 Å². The molecule has 0 bridgehead atoms. The summed E-state index contributed by atoms with van der Waals surface area (Å²) in [5.41, 5.74) is -0.273. The fourth-order valence-electron chi connectivity index (χ4n) is 0.879. The summed E-state index contributed by atoms with van der Waals surface area (Å²) in [6.07, 6.45) is 0. The van der Waals surface area contributed by atoms with E-state index in [1.807, 2.05) is 0 Å². The molecule has 0 aliphatic heterocycles. The van der Waals surface area contributed by atoms with E-state index in [1.54, 1.807) is 6.07 Å². The van der Waals surface area contributed by atoms with E-state index in [2.05, 4.69) is 0 Å². The van der Waals surface area contributed by atoms with E-state index < -0.39 is 4.92 Å². The molecule has 4 nitrogen and oxygen atoms in total. The normalized spacial score (nSPS) is 9.50. The van der Waals surface area contributed by atoms with Crippen molar-refractivity contribution in [3.63, 3.8) is 0 Å². The van der Waals surface area contributed by atoms with Gasteiger partial charge in [0.2, 0.25) is 0 Å². The van der Waals surface area contributed by atoms with Crippen LogP contribution in [0.3, 0.4) is 0 Å². The van der Waals surface area contributed by atoms with Crippen molar-refractivity contribution in [1.29, 1.82) is 0 Å². The lowest BCUT2D eigenvalue weighted by molar-refractivity contribution is -0.384. The van der Waals surface area contributed by atoms with Crippen LogP contribution in [0.1, 0.15) is 0 Å². The number of para-hydroxylation sites is 2. The van der Waals surface area contributed by atoms with E-state index in [0.717, 1.165) is 7.05 Å². The summed E-state index contributed by atoms with van der Waals surface area (Å²) in [5.74, 6) is 0. The first-order valence-electron chi connectivity index (χ1n) is 3.26. The molecule has 0 heterocycles. The average Bonchev–Trinajstić information content (AvgIpc) is 2.04. The van der Waals surface area contributed by atoms with Crippen LogP contribution in [0.4, 0.5) is 15.9 Å². The van der Waals surface area contributed by atoms with Crippen LogP contribution in [0.2, 0.25) is 0 Å². The number of hydrogen-bond acceptors (Lipinski definition) is 3. The van der Waals surface area contributed by atoms with Gasteiger partial charge in [0.1, 0.15) is 5.69 Å². The van der Waals surface area contributed by atoms with Crippen LogP contribution < -0.4 is 5.12 Å². The zero-order chi connectivity index (χ0) is 9.14. The number of halogens is 1. The highest BCUT2D eigenvalue weighted by Gasteiger charge is 2.14. The summed E-state index contributed by atoms with van der Waals surface area (Å²) >= 11 is 0. The molecule has 1 aromatic carbocycles. The van der Waals surface area contributed by atoms with Crippen molar-refractivity contribution in [2.75, 3.05) is 12.2 Å². The number of nitrogens with zero attached hydrogens (tertiary/aromatic N) is 2. The predicted molar refractivity (Wildman–Crippen MR) is 42.6 cm³/mol. The van der Waals surface area contributed by atoms with Gasteiger partial charge >= 0.3 is 0 Å². The predicted octanol–water partition coefficient (Wildman–Crippen LogP) is 1.92. The standard InChI is InChI=1S/C7H7FN2O2/c1-9(8)6-4-2-3-5-7(6)10(11)12/h2-5H,1H3. The van der Waals surface area contributed by atoms with Crippen LogP contribution in [-0.2, 0) is 0 Å². The van der Waals surface area contributed by atoms with E-state index in [9.17, 15) is 14.6 Å². The first-order chi connectivity index (χ1) is 5.63. The van der Waals surface area contributed by atoms with Gasteiger partial charge in [0.05, 0.1) is 4.92 Å². The number of rotatable bonds is 2. The molecule has 0 amide bonds. The van der Waals surface area contributed by atoms with Crippen LogP contribution in [0.15, 0.2) is 24.3 Å². The minimum Gasteiger partial charge on any atom is -0.258 e. The van der Waals surface area contributed by atoms with Gasteiger partial charge in [-0.05, 0) is 6.07 Å². The Morgan fingerprint density at radius 2 is 2.08 bits per heavy atom. The maximum atomic E-state index is 12.6. The number of hydrogen-bond donors (Lipinski definition) is 0. The summed E-state index contributed by atoms with van der Waals surface area (Å²) in [4.78, 5) is 9.72. The molecule has 64 valence electrons. The van der Waals surface area contributed by atoms with E-state index in [-0.39, 0.29) is 16.5 Å². The lowest BCUT2D eigenvalue weighted by Crippen LogP contribution is -2.05. The molecule has 12 heavy (non-hydrogen) atoms. The van der Waals surface area contributed by atoms with Crippen molar-refractivity contribution in [2.45, 2.75) is 0 Å². The summed E-state index contributed by atoms with van der Waals surface area (Å²) in [5, 5.41) is 10.6. The quantitative estimate of drug-likeness (QED) is 0.387. The van der Waals surface area contributed by atoms with Gasteiger partial charge in [-0.25, -0.2) is 5.12 Å². The fourth-order valence-corrected chi connectivity index (χ4v) is 0.879. The minimum absolute atomic E-state index is 0.0394. The zero-order valence-electron chi connectivity index (χ0n) is 6.40. The summed E-state index contributed by atoms with van der Waals surface area (Å²) in [6.45, 7) is 0. The largest absolute Gasteiger partial charge is 0.295 e. The van der Waals surface area contributed by atoms with Gasteiger partial charge in [0.25, 0.3) is 5.69 Å². The monoisotopic (exact) mass is 170 g/mol. The molecule has 0 aliphatic carbocycles. The van der Waals surface area contributed by atoms with E-state index >= 15 is 0 Å². The molecule has 0 unspecified atom stereocenters. The van der Waals surface area contributed by atoms with E-state index in [1.165, 1.54) is 18.2 Å². The molecule has 0 aliphatic rings. The molecule has 0 N–H and O–H groups in total. The molecular formula is C7H7FN2O2. The van der Waals surface area contributed by atoms with Crippen molar-refractivity contribution in [3.05, 3.63) is 34.4 Å². The Hall–Kier alpha value is -1.65. The highest BCUT2D eigenvalue weighted by Crippen LogP contribution is 2.26. The molecule has 0 spiro atoms. The molecule has 0 fully saturated rings. The Morgan fingerprint density at radius 3 is 2.50 bits per heavy atom. The molecule has 0 radical (unpaired) electrons. The third kappa shape index (κ3) is 1.50. The third-order valence-corrected chi connectivity index (χ3v) is 1.41. The molecule has 0 saturated heterocycles. The molecular weight excluding hydrogens is 163 g/mol. The molecule has 5 heteroatoms. The molecule has 0 aromatic heterocycles. The van der Waals surface area contributed by atoms with Gasteiger partial charge in [-0.1, -0.05) is 12.1 Å². The number of nitro groups is 1.